The van der Waals surface area contributed by atoms with E-state index in [0.717, 1.165) is 51.4 Å². The van der Waals surface area contributed by atoms with Crippen molar-refractivity contribution in [3.8, 4) is 0 Å². The molecule has 2 aliphatic rings. The summed E-state index contributed by atoms with van der Waals surface area (Å²) in [7, 11) is 1.76. The van der Waals surface area contributed by atoms with Gasteiger partial charge in [0.05, 0.1) is 38.2 Å². The van der Waals surface area contributed by atoms with Crippen LogP contribution in [0.4, 0.5) is 0 Å². The SMILES string of the molecule is COCCN1CCO[C@@H]2C[C@@H](COCc3ccccn3)C[C@H]21. The topological polar surface area (TPSA) is 43.8 Å². The van der Waals surface area contributed by atoms with E-state index in [2.05, 4.69) is 9.88 Å². The highest BCUT2D eigenvalue weighted by Crippen LogP contribution is 2.34. The smallest absolute Gasteiger partial charge is 0.0887 e. The van der Waals surface area contributed by atoms with E-state index in [1.807, 2.05) is 24.4 Å². The van der Waals surface area contributed by atoms with Crippen LogP contribution in [-0.4, -0.2) is 62.0 Å². The molecule has 5 heteroatoms. The number of fused-ring (bicyclic) bond motifs is 1. The van der Waals surface area contributed by atoms with Gasteiger partial charge in [0.15, 0.2) is 0 Å². The van der Waals surface area contributed by atoms with Crippen molar-refractivity contribution < 1.29 is 14.2 Å². The average Bonchev–Trinajstić information content (AvgIpc) is 2.97. The van der Waals surface area contributed by atoms with E-state index in [4.69, 9.17) is 14.2 Å². The highest BCUT2D eigenvalue weighted by atomic mass is 16.5. The van der Waals surface area contributed by atoms with Crippen molar-refractivity contribution in [1.29, 1.82) is 0 Å². The predicted molar refractivity (Wildman–Crippen MR) is 83.6 cm³/mol. The highest BCUT2D eigenvalue weighted by Gasteiger charge is 2.40. The first-order valence-electron chi connectivity index (χ1n) is 8.19. The quantitative estimate of drug-likeness (QED) is 0.767. The molecule has 1 aromatic rings. The summed E-state index contributed by atoms with van der Waals surface area (Å²) in [6.07, 6.45) is 4.45. The van der Waals surface area contributed by atoms with Gasteiger partial charge in [-0.1, -0.05) is 6.07 Å². The lowest BCUT2D eigenvalue weighted by molar-refractivity contribution is -0.0611. The maximum absolute atomic E-state index is 5.96. The molecule has 22 heavy (non-hydrogen) atoms. The molecular weight excluding hydrogens is 280 g/mol. The van der Waals surface area contributed by atoms with Crippen molar-refractivity contribution in [2.75, 3.05) is 40.0 Å². The van der Waals surface area contributed by atoms with Crippen LogP contribution in [0.25, 0.3) is 0 Å². The zero-order valence-corrected chi connectivity index (χ0v) is 13.3. The maximum Gasteiger partial charge on any atom is 0.0887 e. The van der Waals surface area contributed by atoms with Crippen molar-refractivity contribution in [1.82, 2.24) is 9.88 Å². The van der Waals surface area contributed by atoms with Gasteiger partial charge in [-0.05, 0) is 30.9 Å². The molecule has 0 spiro atoms. The second kappa shape index (κ2) is 8.02. The minimum atomic E-state index is 0.369. The van der Waals surface area contributed by atoms with Gasteiger partial charge < -0.3 is 14.2 Å². The molecule has 1 saturated heterocycles. The monoisotopic (exact) mass is 306 g/mol. The molecule has 0 aromatic carbocycles. The Bertz CT molecular complexity index is 443. The highest BCUT2D eigenvalue weighted by molar-refractivity contribution is 5.02. The number of pyridine rings is 1. The first-order chi connectivity index (χ1) is 10.9. The summed E-state index contributed by atoms with van der Waals surface area (Å²) in [6, 6.07) is 6.46. The van der Waals surface area contributed by atoms with E-state index < -0.39 is 0 Å². The van der Waals surface area contributed by atoms with Crippen molar-refractivity contribution in [2.24, 2.45) is 5.92 Å². The maximum atomic E-state index is 5.96. The third kappa shape index (κ3) is 4.04. The van der Waals surface area contributed by atoms with Crippen LogP contribution in [0.1, 0.15) is 18.5 Å². The Hall–Kier alpha value is -1.01. The van der Waals surface area contributed by atoms with Gasteiger partial charge >= 0.3 is 0 Å². The fourth-order valence-corrected chi connectivity index (χ4v) is 3.56. The van der Waals surface area contributed by atoms with E-state index in [-0.39, 0.29) is 0 Å². The summed E-state index contributed by atoms with van der Waals surface area (Å²) < 4.78 is 17.0. The van der Waals surface area contributed by atoms with Gasteiger partial charge in [0.1, 0.15) is 0 Å². The predicted octanol–water partition coefficient (Wildman–Crippen LogP) is 1.72. The Morgan fingerprint density at radius 1 is 1.36 bits per heavy atom. The molecule has 0 amide bonds. The number of aromatic nitrogens is 1. The Labute approximate surface area is 132 Å². The zero-order valence-electron chi connectivity index (χ0n) is 13.3. The lowest BCUT2D eigenvalue weighted by Crippen LogP contribution is -2.49. The first-order valence-corrected chi connectivity index (χ1v) is 8.19. The molecule has 0 unspecified atom stereocenters. The molecule has 0 N–H and O–H groups in total. The molecule has 1 saturated carbocycles. The van der Waals surface area contributed by atoms with Crippen LogP contribution in [0.3, 0.4) is 0 Å². The molecule has 0 bridgehead atoms. The van der Waals surface area contributed by atoms with Crippen LogP contribution in [-0.2, 0) is 20.8 Å². The molecule has 0 radical (unpaired) electrons. The van der Waals surface area contributed by atoms with Crippen LogP contribution >= 0.6 is 0 Å². The van der Waals surface area contributed by atoms with Gasteiger partial charge in [-0.3, -0.25) is 9.88 Å². The van der Waals surface area contributed by atoms with Gasteiger partial charge in [-0.25, -0.2) is 0 Å². The van der Waals surface area contributed by atoms with Crippen molar-refractivity contribution in [3.63, 3.8) is 0 Å². The Morgan fingerprint density at radius 2 is 2.32 bits per heavy atom. The fourth-order valence-electron chi connectivity index (χ4n) is 3.56. The van der Waals surface area contributed by atoms with E-state index in [0.29, 0.717) is 24.7 Å². The van der Waals surface area contributed by atoms with Gasteiger partial charge in [0.25, 0.3) is 0 Å². The zero-order chi connectivity index (χ0) is 15.2. The second-order valence-electron chi connectivity index (χ2n) is 6.18. The molecule has 5 nitrogen and oxygen atoms in total. The van der Waals surface area contributed by atoms with E-state index in [1.54, 1.807) is 7.11 Å². The fraction of sp³-hybridized carbons (Fsp3) is 0.706. The third-order valence-corrected chi connectivity index (χ3v) is 4.66. The molecule has 2 heterocycles. The molecular formula is C17H26N2O3. The summed E-state index contributed by atoms with van der Waals surface area (Å²) in [6.45, 7) is 5.05. The molecule has 3 rings (SSSR count). The normalized spacial score (nSPS) is 28.7. The molecule has 1 aliphatic carbocycles. The van der Waals surface area contributed by atoms with Crippen LogP contribution in [0.2, 0.25) is 0 Å². The molecule has 2 fully saturated rings. The summed E-state index contributed by atoms with van der Waals surface area (Å²) in [4.78, 5) is 6.81. The number of morpholine rings is 1. The number of nitrogens with zero attached hydrogens (tertiary/aromatic N) is 2. The van der Waals surface area contributed by atoms with Crippen molar-refractivity contribution in [3.05, 3.63) is 30.1 Å². The van der Waals surface area contributed by atoms with Crippen LogP contribution in [0, 0.1) is 5.92 Å². The van der Waals surface area contributed by atoms with Gasteiger partial charge in [0, 0.05) is 32.4 Å². The summed E-state index contributed by atoms with van der Waals surface area (Å²) in [5.74, 6) is 0.585. The van der Waals surface area contributed by atoms with E-state index >= 15 is 0 Å². The van der Waals surface area contributed by atoms with Crippen molar-refractivity contribution >= 4 is 0 Å². The lowest BCUT2D eigenvalue weighted by Gasteiger charge is -2.37. The minimum Gasteiger partial charge on any atom is -0.383 e. The Morgan fingerprint density at radius 3 is 3.14 bits per heavy atom. The van der Waals surface area contributed by atoms with E-state index in [9.17, 15) is 0 Å². The largest absolute Gasteiger partial charge is 0.383 e. The number of hydrogen-bond acceptors (Lipinski definition) is 5. The standard InChI is InChI=1S/C17H26N2O3/c1-20-8-6-19-7-9-22-17-11-14(10-16(17)19)12-21-13-15-4-2-3-5-18-15/h2-5,14,16-17H,6-13H2,1H3/t14-,16+,17+/m0/s1. The molecule has 1 aromatic heterocycles. The number of methoxy groups -OCH3 is 1. The van der Waals surface area contributed by atoms with Crippen LogP contribution in [0.5, 0.6) is 0 Å². The molecule has 1 aliphatic heterocycles. The first kappa shape index (κ1) is 15.9. The summed E-state index contributed by atoms with van der Waals surface area (Å²) >= 11 is 0. The second-order valence-corrected chi connectivity index (χ2v) is 6.18. The summed E-state index contributed by atoms with van der Waals surface area (Å²) in [5.41, 5.74) is 0.996. The van der Waals surface area contributed by atoms with Gasteiger partial charge in [-0.15, -0.1) is 0 Å². The van der Waals surface area contributed by atoms with E-state index in [1.165, 1.54) is 0 Å². The summed E-state index contributed by atoms with van der Waals surface area (Å²) in [5, 5.41) is 0. The minimum absolute atomic E-state index is 0.369. The lowest BCUT2D eigenvalue weighted by atomic mass is 10.1. The van der Waals surface area contributed by atoms with Crippen molar-refractivity contribution in [2.45, 2.75) is 31.6 Å². The van der Waals surface area contributed by atoms with Gasteiger partial charge in [-0.2, -0.15) is 0 Å². The Kier molecular flexibility index (Phi) is 5.78. The number of hydrogen-bond donors (Lipinski definition) is 0. The third-order valence-electron chi connectivity index (χ3n) is 4.66. The van der Waals surface area contributed by atoms with Crippen LogP contribution < -0.4 is 0 Å². The number of ether oxygens (including phenoxy) is 3. The molecule has 122 valence electrons. The number of rotatable bonds is 7. The molecule has 3 atom stereocenters. The van der Waals surface area contributed by atoms with Crippen LogP contribution in [0.15, 0.2) is 24.4 Å². The average molecular weight is 306 g/mol. The Balaban J connectivity index is 1.44. The van der Waals surface area contributed by atoms with Gasteiger partial charge in [0.2, 0.25) is 0 Å².